The first-order valence-electron chi connectivity index (χ1n) is 4.54. The predicted molar refractivity (Wildman–Crippen MR) is 52.7 cm³/mol. The summed E-state index contributed by atoms with van der Waals surface area (Å²) in [6.07, 6.45) is -4.61. The Bertz CT molecular complexity index is 475. The number of hydrogen-bond acceptors (Lipinski definition) is 3. The first-order valence-corrected chi connectivity index (χ1v) is 4.54. The number of carbonyl (C=O) groups excluding carboxylic acids is 1. The molecule has 1 aromatic carbocycles. The third-order valence-corrected chi connectivity index (χ3v) is 2.16. The second-order valence-corrected chi connectivity index (χ2v) is 3.20. The standard InChI is InChI=1S/C11H8F3NO2/c1-17-10-5-9(11(12,13)14)7(2-3-15)4-8(10)6-16/h4-6H,2H2,1H3. The zero-order valence-electron chi connectivity index (χ0n) is 8.84. The van der Waals surface area contributed by atoms with Crippen molar-refractivity contribution in [1.29, 1.82) is 5.26 Å². The molecule has 90 valence electrons. The molecule has 0 bridgehead atoms. The first-order chi connectivity index (χ1) is 7.93. The molecule has 0 aliphatic heterocycles. The van der Waals surface area contributed by atoms with Crippen molar-refractivity contribution in [3.8, 4) is 11.8 Å². The summed E-state index contributed by atoms with van der Waals surface area (Å²) in [5.74, 6) is -0.158. The number of aldehydes is 1. The molecule has 0 unspecified atom stereocenters. The van der Waals surface area contributed by atoms with Crippen molar-refractivity contribution in [3.05, 3.63) is 28.8 Å². The van der Waals surface area contributed by atoms with Crippen molar-refractivity contribution in [2.75, 3.05) is 7.11 Å². The van der Waals surface area contributed by atoms with Gasteiger partial charge in [0.25, 0.3) is 0 Å². The topological polar surface area (TPSA) is 50.1 Å². The smallest absolute Gasteiger partial charge is 0.416 e. The molecule has 6 heteroatoms. The van der Waals surface area contributed by atoms with Gasteiger partial charge in [-0.25, -0.2) is 0 Å². The van der Waals surface area contributed by atoms with E-state index < -0.39 is 18.2 Å². The molecule has 0 N–H and O–H groups in total. The van der Waals surface area contributed by atoms with Gasteiger partial charge in [-0.2, -0.15) is 18.4 Å². The molecule has 0 saturated carbocycles. The van der Waals surface area contributed by atoms with E-state index in [1.54, 1.807) is 6.07 Å². The second kappa shape index (κ2) is 4.87. The normalized spacial score (nSPS) is 10.8. The molecule has 0 aliphatic rings. The molecular weight excluding hydrogens is 235 g/mol. The van der Waals surface area contributed by atoms with Crippen molar-refractivity contribution in [1.82, 2.24) is 0 Å². The number of nitriles is 1. The molecule has 0 fully saturated rings. The summed E-state index contributed by atoms with van der Waals surface area (Å²) in [6, 6.07) is 3.39. The molecule has 0 aromatic heterocycles. The number of methoxy groups -OCH3 is 1. The SMILES string of the molecule is COc1cc(C(F)(F)F)c(CC#N)cc1C=O. The molecule has 1 rings (SSSR count). The minimum Gasteiger partial charge on any atom is -0.496 e. The van der Waals surface area contributed by atoms with Crippen LogP contribution in [0.2, 0.25) is 0 Å². The number of carbonyl (C=O) groups is 1. The van der Waals surface area contributed by atoms with Crippen LogP contribution in [0, 0.1) is 11.3 Å². The fraction of sp³-hybridized carbons (Fsp3) is 0.273. The van der Waals surface area contributed by atoms with Crippen LogP contribution in [0.5, 0.6) is 5.75 Å². The summed E-state index contributed by atoms with van der Waals surface area (Å²) in [7, 11) is 1.17. The van der Waals surface area contributed by atoms with E-state index in [-0.39, 0.29) is 16.9 Å². The molecule has 0 aliphatic carbocycles. The van der Waals surface area contributed by atoms with Gasteiger partial charge in [0.1, 0.15) is 5.75 Å². The van der Waals surface area contributed by atoms with E-state index in [0.717, 1.165) is 12.1 Å². The van der Waals surface area contributed by atoms with E-state index in [9.17, 15) is 18.0 Å². The molecule has 0 saturated heterocycles. The minimum atomic E-state index is -4.58. The summed E-state index contributed by atoms with van der Waals surface area (Å²) in [5, 5.41) is 8.46. The number of ether oxygens (including phenoxy) is 1. The highest BCUT2D eigenvalue weighted by atomic mass is 19.4. The molecule has 17 heavy (non-hydrogen) atoms. The highest BCUT2D eigenvalue weighted by molar-refractivity contribution is 5.80. The van der Waals surface area contributed by atoms with Gasteiger partial charge in [0, 0.05) is 0 Å². The average molecular weight is 243 g/mol. The van der Waals surface area contributed by atoms with Gasteiger partial charge in [0.2, 0.25) is 0 Å². The number of hydrogen-bond donors (Lipinski definition) is 0. The third kappa shape index (κ3) is 2.75. The van der Waals surface area contributed by atoms with Gasteiger partial charge in [-0.1, -0.05) is 0 Å². The molecule has 0 atom stereocenters. The van der Waals surface area contributed by atoms with Gasteiger partial charge in [-0.15, -0.1) is 0 Å². The second-order valence-electron chi connectivity index (χ2n) is 3.20. The van der Waals surface area contributed by atoms with Crippen LogP contribution in [0.15, 0.2) is 12.1 Å². The van der Waals surface area contributed by atoms with E-state index in [4.69, 9.17) is 10.00 Å². The highest BCUT2D eigenvalue weighted by Gasteiger charge is 2.34. The van der Waals surface area contributed by atoms with Gasteiger partial charge < -0.3 is 4.74 Å². The lowest BCUT2D eigenvalue weighted by Gasteiger charge is -2.14. The van der Waals surface area contributed by atoms with Crippen LogP contribution in [0.4, 0.5) is 13.2 Å². The maximum absolute atomic E-state index is 12.7. The predicted octanol–water partition coefficient (Wildman–Crippen LogP) is 2.59. The Morgan fingerprint density at radius 1 is 1.47 bits per heavy atom. The van der Waals surface area contributed by atoms with Crippen molar-refractivity contribution in [2.24, 2.45) is 0 Å². The Balaban J connectivity index is 3.46. The van der Waals surface area contributed by atoms with Gasteiger partial charge in [0.05, 0.1) is 30.7 Å². The molecule has 0 radical (unpaired) electrons. The van der Waals surface area contributed by atoms with Crippen molar-refractivity contribution in [2.45, 2.75) is 12.6 Å². The Morgan fingerprint density at radius 2 is 2.12 bits per heavy atom. The molecule has 0 amide bonds. The largest absolute Gasteiger partial charge is 0.496 e. The van der Waals surface area contributed by atoms with Crippen LogP contribution in [-0.2, 0) is 12.6 Å². The summed E-state index contributed by atoms with van der Waals surface area (Å²) in [4.78, 5) is 10.7. The molecule has 0 spiro atoms. The lowest BCUT2D eigenvalue weighted by molar-refractivity contribution is -0.138. The maximum Gasteiger partial charge on any atom is 0.416 e. The summed E-state index contributed by atoms with van der Waals surface area (Å²) >= 11 is 0. The molecule has 1 aromatic rings. The average Bonchev–Trinajstić information content (AvgIpc) is 2.27. The van der Waals surface area contributed by atoms with Crippen LogP contribution in [0.25, 0.3) is 0 Å². The van der Waals surface area contributed by atoms with Gasteiger partial charge in [0.15, 0.2) is 6.29 Å². The third-order valence-electron chi connectivity index (χ3n) is 2.16. The Kier molecular flexibility index (Phi) is 3.73. The lowest BCUT2D eigenvalue weighted by atomic mass is 10.0. The monoisotopic (exact) mass is 243 g/mol. The van der Waals surface area contributed by atoms with Crippen molar-refractivity contribution >= 4 is 6.29 Å². The van der Waals surface area contributed by atoms with Crippen molar-refractivity contribution in [3.63, 3.8) is 0 Å². The van der Waals surface area contributed by atoms with Crippen LogP contribution < -0.4 is 4.74 Å². The van der Waals surface area contributed by atoms with Crippen LogP contribution >= 0.6 is 0 Å². The summed E-state index contributed by atoms with van der Waals surface area (Å²) < 4.78 is 42.7. The van der Waals surface area contributed by atoms with Crippen molar-refractivity contribution < 1.29 is 22.7 Å². The fourth-order valence-electron chi connectivity index (χ4n) is 1.41. The Labute approximate surface area is 95.4 Å². The fourth-order valence-corrected chi connectivity index (χ4v) is 1.41. The zero-order valence-corrected chi connectivity index (χ0v) is 8.84. The number of alkyl halides is 3. The van der Waals surface area contributed by atoms with Crippen LogP contribution in [0.3, 0.4) is 0 Å². The molecular formula is C11H8F3NO2. The quantitative estimate of drug-likeness (QED) is 0.766. The number of halogens is 3. The van der Waals surface area contributed by atoms with E-state index in [2.05, 4.69) is 0 Å². The molecule has 0 heterocycles. The summed E-state index contributed by atoms with van der Waals surface area (Å²) in [5.41, 5.74) is -1.20. The summed E-state index contributed by atoms with van der Waals surface area (Å²) in [6.45, 7) is 0. The number of rotatable bonds is 3. The Morgan fingerprint density at radius 3 is 2.53 bits per heavy atom. The number of nitrogens with zero attached hydrogens (tertiary/aromatic N) is 1. The number of benzene rings is 1. The van der Waals surface area contributed by atoms with Crippen LogP contribution in [0.1, 0.15) is 21.5 Å². The Hall–Kier alpha value is -2.03. The first kappa shape index (κ1) is 13.0. The molecule has 3 nitrogen and oxygen atoms in total. The van der Waals surface area contributed by atoms with E-state index in [1.807, 2.05) is 0 Å². The van der Waals surface area contributed by atoms with Gasteiger partial charge in [-0.05, 0) is 17.7 Å². The van der Waals surface area contributed by atoms with E-state index in [1.165, 1.54) is 7.11 Å². The lowest BCUT2D eigenvalue weighted by Crippen LogP contribution is -2.10. The van der Waals surface area contributed by atoms with E-state index >= 15 is 0 Å². The van der Waals surface area contributed by atoms with Gasteiger partial charge >= 0.3 is 6.18 Å². The zero-order chi connectivity index (χ0) is 13.1. The highest BCUT2D eigenvalue weighted by Crippen LogP contribution is 2.35. The van der Waals surface area contributed by atoms with Crippen LogP contribution in [-0.4, -0.2) is 13.4 Å². The minimum absolute atomic E-state index is 0.00856. The van der Waals surface area contributed by atoms with Gasteiger partial charge in [-0.3, -0.25) is 4.79 Å². The van der Waals surface area contributed by atoms with E-state index in [0.29, 0.717) is 6.29 Å². The maximum atomic E-state index is 12.7.